The molecule has 1 aromatic heterocycles. The molecule has 18 heavy (non-hydrogen) atoms. The van der Waals surface area contributed by atoms with Crippen LogP contribution in [0.1, 0.15) is 17.2 Å². The number of nitrogens with zero attached hydrogens (tertiary/aromatic N) is 1. The third-order valence-electron chi connectivity index (χ3n) is 2.73. The third-order valence-corrected chi connectivity index (χ3v) is 3.74. The molecule has 2 rings (SSSR count). The Balaban J connectivity index is 2.23. The molecule has 5 heteroatoms. The van der Waals surface area contributed by atoms with Crippen molar-refractivity contribution >= 4 is 34.2 Å². The van der Waals surface area contributed by atoms with Crippen LogP contribution in [0.25, 0.3) is 0 Å². The summed E-state index contributed by atoms with van der Waals surface area (Å²) < 4.78 is 1.19. The number of nitrogens with one attached hydrogen (secondary N) is 1. The lowest BCUT2D eigenvalue weighted by molar-refractivity contribution is 0.551. The summed E-state index contributed by atoms with van der Waals surface area (Å²) >= 11 is 8.40. The van der Waals surface area contributed by atoms with Crippen LogP contribution in [0.5, 0.6) is 0 Å². The van der Waals surface area contributed by atoms with Crippen molar-refractivity contribution in [3.8, 4) is 0 Å². The maximum absolute atomic E-state index is 6.11. The number of aromatic nitrogens is 1. The van der Waals surface area contributed by atoms with Crippen LogP contribution in [0, 0.1) is 3.57 Å². The summed E-state index contributed by atoms with van der Waals surface area (Å²) in [5.74, 6) is 5.64. The quantitative estimate of drug-likeness (QED) is 0.492. The van der Waals surface area contributed by atoms with E-state index in [9.17, 15) is 0 Å². The van der Waals surface area contributed by atoms with Crippen molar-refractivity contribution < 1.29 is 0 Å². The number of hydrogen-bond donors (Lipinski definition) is 2. The van der Waals surface area contributed by atoms with Crippen LogP contribution in [0.4, 0.5) is 0 Å². The molecule has 1 unspecified atom stereocenters. The van der Waals surface area contributed by atoms with E-state index in [1.807, 2.05) is 12.1 Å². The van der Waals surface area contributed by atoms with Gasteiger partial charge in [0.2, 0.25) is 0 Å². The van der Waals surface area contributed by atoms with Gasteiger partial charge in [-0.1, -0.05) is 23.7 Å². The van der Waals surface area contributed by atoms with Gasteiger partial charge in [0, 0.05) is 16.0 Å². The number of pyridine rings is 1. The first-order valence-corrected chi connectivity index (χ1v) is 6.96. The lowest BCUT2D eigenvalue weighted by Crippen LogP contribution is -2.29. The Hall–Kier alpha value is -0.690. The van der Waals surface area contributed by atoms with Crippen LogP contribution >= 0.6 is 34.2 Å². The summed E-state index contributed by atoms with van der Waals surface area (Å²) in [5, 5.41) is 0.670. The van der Waals surface area contributed by atoms with Gasteiger partial charge in [0.05, 0.1) is 11.1 Å². The van der Waals surface area contributed by atoms with Gasteiger partial charge in [0.15, 0.2) is 0 Å². The number of hydrazine groups is 1. The first-order chi connectivity index (χ1) is 8.70. The Labute approximate surface area is 125 Å². The molecule has 0 bridgehead atoms. The summed E-state index contributed by atoms with van der Waals surface area (Å²) in [6.45, 7) is 0. The van der Waals surface area contributed by atoms with Crippen molar-refractivity contribution in [2.24, 2.45) is 5.84 Å². The number of halogens is 2. The normalized spacial score (nSPS) is 12.4. The summed E-state index contributed by atoms with van der Waals surface area (Å²) in [4.78, 5) is 3.98. The van der Waals surface area contributed by atoms with Crippen molar-refractivity contribution in [2.75, 3.05) is 0 Å². The highest BCUT2D eigenvalue weighted by Gasteiger charge is 2.12. The first-order valence-electron chi connectivity index (χ1n) is 5.50. The molecule has 1 heterocycles. The number of benzene rings is 1. The lowest BCUT2D eigenvalue weighted by Gasteiger charge is -2.17. The molecular formula is C13H13ClIN3. The van der Waals surface area contributed by atoms with Gasteiger partial charge in [0.1, 0.15) is 0 Å². The minimum Gasteiger partial charge on any atom is -0.271 e. The van der Waals surface area contributed by atoms with Crippen molar-refractivity contribution in [3.05, 3.63) is 62.4 Å². The van der Waals surface area contributed by atoms with E-state index in [2.05, 4.69) is 51.2 Å². The third kappa shape index (κ3) is 3.41. The van der Waals surface area contributed by atoms with Gasteiger partial charge < -0.3 is 0 Å². The minimum atomic E-state index is 0.0413. The molecule has 94 valence electrons. The summed E-state index contributed by atoms with van der Waals surface area (Å²) in [6.07, 6.45) is 4.13. The molecule has 3 nitrogen and oxygen atoms in total. The van der Waals surface area contributed by atoms with Gasteiger partial charge >= 0.3 is 0 Å². The molecule has 0 saturated heterocycles. The second-order valence-corrected chi connectivity index (χ2v) is 5.60. The Bertz CT molecular complexity index is 533. The smallest absolute Gasteiger partial charge is 0.0622 e. The van der Waals surface area contributed by atoms with Crippen LogP contribution in [-0.2, 0) is 6.42 Å². The Morgan fingerprint density at radius 2 is 2.22 bits per heavy atom. The van der Waals surface area contributed by atoms with E-state index in [1.54, 1.807) is 12.4 Å². The van der Waals surface area contributed by atoms with E-state index in [1.165, 1.54) is 3.57 Å². The second-order valence-electron chi connectivity index (χ2n) is 3.95. The Morgan fingerprint density at radius 3 is 2.89 bits per heavy atom. The maximum Gasteiger partial charge on any atom is 0.0622 e. The molecule has 0 aliphatic carbocycles. The van der Waals surface area contributed by atoms with Gasteiger partial charge in [-0.25, -0.2) is 0 Å². The molecule has 0 aliphatic rings. The number of hydrogen-bond acceptors (Lipinski definition) is 3. The van der Waals surface area contributed by atoms with Crippen LogP contribution in [0.3, 0.4) is 0 Å². The van der Waals surface area contributed by atoms with Crippen LogP contribution < -0.4 is 11.3 Å². The van der Waals surface area contributed by atoms with Crippen LogP contribution in [0.15, 0.2) is 42.7 Å². The molecular weight excluding hydrogens is 361 g/mol. The van der Waals surface area contributed by atoms with Crippen molar-refractivity contribution in [2.45, 2.75) is 12.5 Å². The van der Waals surface area contributed by atoms with Gasteiger partial charge in [-0.3, -0.25) is 16.3 Å². The Kier molecular flexibility index (Phi) is 4.94. The molecule has 0 radical (unpaired) electrons. The maximum atomic E-state index is 6.11. The van der Waals surface area contributed by atoms with Crippen LogP contribution in [0.2, 0.25) is 5.02 Å². The van der Waals surface area contributed by atoms with Gasteiger partial charge in [-0.05, 0) is 58.3 Å². The van der Waals surface area contributed by atoms with Crippen molar-refractivity contribution in [3.63, 3.8) is 0 Å². The average Bonchev–Trinajstić information content (AvgIpc) is 2.38. The fourth-order valence-corrected chi connectivity index (χ4v) is 2.55. The fraction of sp³-hybridized carbons (Fsp3) is 0.154. The van der Waals surface area contributed by atoms with Crippen molar-refractivity contribution in [1.82, 2.24) is 10.4 Å². The lowest BCUT2D eigenvalue weighted by atomic mass is 10.0. The molecule has 2 aromatic rings. The van der Waals surface area contributed by atoms with Gasteiger partial charge in [-0.15, -0.1) is 0 Å². The molecule has 1 atom stereocenters. The molecule has 0 amide bonds. The van der Waals surface area contributed by atoms with E-state index in [0.717, 1.165) is 17.5 Å². The van der Waals surface area contributed by atoms with Gasteiger partial charge in [-0.2, -0.15) is 0 Å². The van der Waals surface area contributed by atoms with E-state index in [4.69, 9.17) is 17.4 Å². The van der Waals surface area contributed by atoms with E-state index in [-0.39, 0.29) is 6.04 Å². The predicted molar refractivity (Wildman–Crippen MR) is 82.2 cm³/mol. The standard InChI is InChI=1S/C13H13ClIN3/c14-12-8-17-5-4-9(12)7-13(18-16)10-2-1-3-11(15)6-10/h1-6,8,13,18H,7,16H2. The SMILES string of the molecule is NNC(Cc1ccncc1Cl)c1cccc(I)c1. The minimum absolute atomic E-state index is 0.0413. The molecule has 1 aromatic carbocycles. The first kappa shape index (κ1) is 13.7. The van der Waals surface area contributed by atoms with E-state index >= 15 is 0 Å². The fourth-order valence-electron chi connectivity index (χ4n) is 1.79. The summed E-state index contributed by atoms with van der Waals surface area (Å²) in [7, 11) is 0. The van der Waals surface area contributed by atoms with E-state index < -0.39 is 0 Å². The average molecular weight is 374 g/mol. The highest BCUT2D eigenvalue weighted by molar-refractivity contribution is 14.1. The summed E-state index contributed by atoms with van der Waals surface area (Å²) in [6, 6.07) is 10.2. The highest BCUT2D eigenvalue weighted by Crippen LogP contribution is 2.23. The zero-order valence-electron chi connectivity index (χ0n) is 9.61. The van der Waals surface area contributed by atoms with Gasteiger partial charge in [0.25, 0.3) is 0 Å². The molecule has 3 N–H and O–H groups in total. The highest BCUT2D eigenvalue weighted by atomic mass is 127. The second kappa shape index (κ2) is 6.47. The van der Waals surface area contributed by atoms with Crippen molar-refractivity contribution in [1.29, 1.82) is 0 Å². The predicted octanol–water partition coefficient (Wildman–Crippen LogP) is 3.09. The number of rotatable bonds is 4. The van der Waals surface area contributed by atoms with Crippen LogP contribution in [-0.4, -0.2) is 4.98 Å². The molecule has 0 spiro atoms. The number of nitrogens with two attached hydrogens (primary N) is 1. The molecule has 0 fully saturated rings. The summed E-state index contributed by atoms with van der Waals surface area (Å²) in [5.41, 5.74) is 5.02. The largest absolute Gasteiger partial charge is 0.271 e. The molecule has 0 aliphatic heterocycles. The zero-order valence-corrected chi connectivity index (χ0v) is 12.5. The van der Waals surface area contributed by atoms with E-state index in [0.29, 0.717) is 5.02 Å². The Morgan fingerprint density at radius 1 is 1.39 bits per heavy atom. The monoisotopic (exact) mass is 373 g/mol. The zero-order chi connectivity index (χ0) is 13.0. The topological polar surface area (TPSA) is 50.9 Å². The molecule has 0 saturated carbocycles.